The van der Waals surface area contributed by atoms with Crippen molar-refractivity contribution < 1.29 is 0 Å². The molecule has 88 valence electrons. The first-order valence-electron chi connectivity index (χ1n) is 5.14. The predicted molar refractivity (Wildman–Crippen MR) is 72.9 cm³/mol. The highest BCUT2D eigenvalue weighted by molar-refractivity contribution is 9.10. The van der Waals surface area contributed by atoms with E-state index in [1.165, 1.54) is 0 Å². The van der Waals surface area contributed by atoms with Gasteiger partial charge in [0, 0.05) is 22.9 Å². The molecule has 0 amide bonds. The van der Waals surface area contributed by atoms with E-state index in [1.54, 1.807) is 18.0 Å². The quantitative estimate of drug-likeness (QED) is 0.946. The molecule has 0 spiro atoms. The molecule has 0 unspecified atom stereocenters. The molecule has 2 heterocycles. The third-order valence-electron chi connectivity index (χ3n) is 2.13. The van der Waals surface area contributed by atoms with Crippen LogP contribution in [0.1, 0.15) is 11.3 Å². The van der Waals surface area contributed by atoms with Gasteiger partial charge in [-0.3, -0.25) is 0 Å². The molecule has 0 saturated heterocycles. The molecule has 0 radical (unpaired) electrons. The van der Waals surface area contributed by atoms with Crippen LogP contribution in [0.25, 0.3) is 0 Å². The third kappa shape index (κ3) is 3.52. The number of rotatable bonds is 3. The first kappa shape index (κ1) is 12.5. The summed E-state index contributed by atoms with van der Waals surface area (Å²) >= 11 is 4.90. The van der Waals surface area contributed by atoms with Crippen LogP contribution in [0, 0.1) is 6.92 Å². The summed E-state index contributed by atoms with van der Waals surface area (Å²) in [4.78, 5) is 8.76. The van der Waals surface area contributed by atoms with Crippen molar-refractivity contribution in [3.63, 3.8) is 0 Å². The summed E-state index contributed by atoms with van der Waals surface area (Å²) in [6.45, 7) is 2.50. The van der Waals surface area contributed by atoms with Gasteiger partial charge in [-0.2, -0.15) is 0 Å². The number of aryl methyl sites for hydroxylation is 1. The highest BCUT2D eigenvalue weighted by Crippen LogP contribution is 2.26. The summed E-state index contributed by atoms with van der Waals surface area (Å²) in [6, 6.07) is 7.93. The fourth-order valence-corrected chi connectivity index (χ4v) is 2.50. The largest absolute Gasteiger partial charge is 0.326 e. The Hall–Kier alpha value is -0.910. The van der Waals surface area contributed by atoms with Gasteiger partial charge in [0.2, 0.25) is 0 Å². The molecule has 0 saturated carbocycles. The van der Waals surface area contributed by atoms with E-state index in [0.717, 1.165) is 25.8 Å². The Labute approximate surface area is 113 Å². The van der Waals surface area contributed by atoms with Gasteiger partial charge < -0.3 is 5.73 Å². The lowest BCUT2D eigenvalue weighted by Crippen LogP contribution is -1.98. The SMILES string of the molecule is Cc1cc(CN)cc(Sc2ccc(Br)cn2)n1. The summed E-state index contributed by atoms with van der Waals surface area (Å²) in [5, 5.41) is 1.86. The topological polar surface area (TPSA) is 51.8 Å². The number of halogens is 1. The maximum absolute atomic E-state index is 5.64. The lowest BCUT2D eigenvalue weighted by Gasteiger charge is -2.04. The Morgan fingerprint density at radius 2 is 2.12 bits per heavy atom. The summed E-state index contributed by atoms with van der Waals surface area (Å²) in [5.41, 5.74) is 7.72. The van der Waals surface area contributed by atoms with E-state index in [1.807, 2.05) is 31.2 Å². The Kier molecular flexibility index (Phi) is 4.15. The number of nitrogens with zero attached hydrogens (tertiary/aromatic N) is 2. The minimum atomic E-state index is 0.532. The van der Waals surface area contributed by atoms with Gasteiger partial charge in [0.05, 0.1) is 0 Å². The normalized spacial score (nSPS) is 10.5. The van der Waals surface area contributed by atoms with Crippen LogP contribution in [0.3, 0.4) is 0 Å². The van der Waals surface area contributed by atoms with Crippen molar-refractivity contribution >= 4 is 27.7 Å². The molecule has 2 aromatic heterocycles. The molecule has 0 aliphatic rings. The zero-order valence-electron chi connectivity index (χ0n) is 9.35. The number of hydrogen-bond donors (Lipinski definition) is 1. The van der Waals surface area contributed by atoms with Gasteiger partial charge in [-0.15, -0.1) is 0 Å². The lowest BCUT2D eigenvalue weighted by atomic mass is 10.2. The molecular weight excluding hydrogens is 298 g/mol. The smallest absolute Gasteiger partial charge is 0.103 e. The second kappa shape index (κ2) is 5.62. The number of nitrogens with two attached hydrogens (primary N) is 1. The fraction of sp³-hybridized carbons (Fsp3) is 0.167. The second-order valence-corrected chi connectivity index (χ2v) is 5.53. The molecular formula is C12H12BrN3S. The summed E-state index contributed by atoms with van der Waals surface area (Å²) in [7, 11) is 0. The standard InChI is InChI=1S/C12H12BrN3S/c1-8-4-9(6-14)5-12(16-8)17-11-3-2-10(13)7-15-11/h2-5,7H,6,14H2,1H3. The van der Waals surface area contributed by atoms with Gasteiger partial charge in [-0.05, 0) is 52.7 Å². The van der Waals surface area contributed by atoms with Crippen molar-refractivity contribution in [2.24, 2.45) is 5.73 Å². The van der Waals surface area contributed by atoms with Gasteiger partial charge >= 0.3 is 0 Å². The minimum absolute atomic E-state index is 0.532. The summed E-state index contributed by atoms with van der Waals surface area (Å²) in [5.74, 6) is 0. The number of hydrogen-bond acceptors (Lipinski definition) is 4. The van der Waals surface area contributed by atoms with Crippen LogP contribution in [-0.4, -0.2) is 9.97 Å². The number of aromatic nitrogens is 2. The molecule has 3 nitrogen and oxygen atoms in total. The zero-order chi connectivity index (χ0) is 12.3. The average Bonchev–Trinajstić information content (AvgIpc) is 2.31. The Morgan fingerprint density at radius 3 is 2.76 bits per heavy atom. The molecule has 2 N–H and O–H groups in total. The van der Waals surface area contributed by atoms with Crippen molar-refractivity contribution in [2.45, 2.75) is 23.5 Å². The molecule has 0 aliphatic carbocycles. The molecule has 17 heavy (non-hydrogen) atoms. The minimum Gasteiger partial charge on any atom is -0.326 e. The van der Waals surface area contributed by atoms with E-state index in [2.05, 4.69) is 25.9 Å². The highest BCUT2D eigenvalue weighted by atomic mass is 79.9. The van der Waals surface area contributed by atoms with Crippen LogP contribution in [0.2, 0.25) is 0 Å². The summed E-state index contributed by atoms with van der Waals surface area (Å²) < 4.78 is 0.974. The van der Waals surface area contributed by atoms with Crippen LogP contribution in [0.15, 0.2) is 45.0 Å². The van der Waals surface area contributed by atoms with E-state index in [4.69, 9.17) is 5.73 Å². The zero-order valence-corrected chi connectivity index (χ0v) is 11.8. The van der Waals surface area contributed by atoms with Gasteiger partial charge in [-0.25, -0.2) is 9.97 Å². The Bertz CT molecular complexity index is 514. The molecule has 5 heteroatoms. The number of pyridine rings is 2. The maximum atomic E-state index is 5.64. The average molecular weight is 310 g/mol. The van der Waals surface area contributed by atoms with Gasteiger partial charge in [0.25, 0.3) is 0 Å². The van der Waals surface area contributed by atoms with E-state index in [-0.39, 0.29) is 0 Å². The first-order chi connectivity index (χ1) is 8.17. The van der Waals surface area contributed by atoms with E-state index < -0.39 is 0 Å². The fourth-order valence-electron chi connectivity index (χ4n) is 1.41. The van der Waals surface area contributed by atoms with E-state index >= 15 is 0 Å². The first-order valence-corrected chi connectivity index (χ1v) is 6.75. The Balaban J connectivity index is 2.23. The van der Waals surface area contributed by atoms with Crippen molar-refractivity contribution in [3.05, 3.63) is 46.2 Å². The second-order valence-electron chi connectivity index (χ2n) is 3.58. The van der Waals surface area contributed by atoms with Crippen molar-refractivity contribution in [1.29, 1.82) is 0 Å². The molecule has 2 aromatic rings. The van der Waals surface area contributed by atoms with Crippen LogP contribution in [-0.2, 0) is 6.54 Å². The van der Waals surface area contributed by atoms with Crippen molar-refractivity contribution in [2.75, 3.05) is 0 Å². The highest BCUT2D eigenvalue weighted by Gasteiger charge is 2.03. The van der Waals surface area contributed by atoms with E-state index in [0.29, 0.717) is 6.54 Å². The molecule has 0 atom stereocenters. The molecule has 0 aliphatic heterocycles. The maximum Gasteiger partial charge on any atom is 0.103 e. The monoisotopic (exact) mass is 309 g/mol. The van der Waals surface area contributed by atoms with Crippen LogP contribution in [0.5, 0.6) is 0 Å². The van der Waals surface area contributed by atoms with Gasteiger partial charge in [-0.1, -0.05) is 11.8 Å². The van der Waals surface area contributed by atoms with Crippen LogP contribution < -0.4 is 5.73 Å². The van der Waals surface area contributed by atoms with Gasteiger partial charge in [0.15, 0.2) is 0 Å². The van der Waals surface area contributed by atoms with E-state index in [9.17, 15) is 0 Å². The predicted octanol–water partition coefficient (Wildman–Crippen LogP) is 3.16. The molecule has 0 fully saturated rings. The lowest BCUT2D eigenvalue weighted by molar-refractivity contribution is 0.983. The Morgan fingerprint density at radius 1 is 1.29 bits per heavy atom. The molecule has 0 bridgehead atoms. The van der Waals surface area contributed by atoms with Gasteiger partial charge in [0.1, 0.15) is 10.1 Å². The third-order valence-corrected chi connectivity index (χ3v) is 3.47. The molecule has 0 aromatic carbocycles. The van der Waals surface area contributed by atoms with Crippen LogP contribution in [0.4, 0.5) is 0 Å². The van der Waals surface area contributed by atoms with Crippen molar-refractivity contribution in [1.82, 2.24) is 9.97 Å². The van der Waals surface area contributed by atoms with Crippen LogP contribution >= 0.6 is 27.7 Å². The van der Waals surface area contributed by atoms with Crippen molar-refractivity contribution in [3.8, 4) is 0 Å². The molecule has 2 rings (SSSR count). The summed E-state index contributed by atoms with van der Waals surface area (Å²) in [6.07, 6.45) is 1.78.